The summed E-state index contributed by atoms with van der Waals surface area (Å²) in [6.07, 6.45) is 5.78. The number of benzene rings is 1. The van der Waals surface area contributed by atoms with Crippen molar-refractivity contribution in [1.82, 2.24) is 5.32 Å². The highest BCUT2D eigenvalue weighted by Gasteiger charge is 2.11. The fraction of sp³-hybridized carbons (Fsp3) is 0.385. The average molecular weight is 202 g/mol. The van der Waals surface area contributed by atoms with Crippen molar-refractivity contribution in [2.45, 2.75) is 19.3 Å². The number of aryl methyl sites for hydroxylation is 1. The van der Waals surface area contributed by atoms with E-state index in [-0.39, 0.29) is 0 Å². The average Bonchev–Trinajstić information content (AvgIpc) is 2.66. The molecule has 15 heavy (non-hydrogen) atoms. The van der Waals surface area contributed by atoms with Gasteiger partial charge in [0.25, 0.3) is 0 Å². The molecule has 2 nitrogen and oxygen atoms in total. The Balaban J connectivity index is 1.72. The summed E-state index contributed by atoms with van der Waals surface area (Å²) in [6, 6.07) is 10.6. The summed E-state index contributed by atoms with van der Waals surface area (Å²) in [5.74, 6) is 1.48. The molecule has 0 saturated carbocycles. The number of nitrogens with one attached hydrogen (secondary N) is 1. The van der Waals surface area contributed by atoms with Gasteiger partial charge in [0.05, 0.1) is 5.82 Å². The molecule has 3 N–H and O–H groups in total. The second-order valence-corrected chi connectivity index (χ2v) is 4.14. The lowest BCUT2D eigenvalue weighted by atomic mass is 10.0. The molecule has 80 valence electrons. The maximum atomic E-state index is 5.66. The summed E-state index contributed by atoms with van der Waals surface area (Å²) in [7, 11) is 0. The fourth-order valence-electron chi connectivity index (χ4n) is 2.02. The quantitative estimate of drug-likeness (QED) is 0.784. The largest absolute Gasteiger partial charge is 0.386 e. The maximum Gasteiger partial charge on any atom is 0.0922 e. The first kappa shape index (κ1) is 10.1. The van der Waals surface area contributed by atoms with Crippen LogP contribution in [0.4, 0.5) is 0 Å². The number of rotatable bonds is 4. The standard InChI is InChI=1S/C13H18N2/c14-13-9-12(10-15-13)8-4-7-11-5-2-1-3-6-11/h1-3,5-6,9,12,15H,4,7-8,10,14H2/t12-/m1/s1. The molecule has 0 radical (unpaired) electrons. The molecule has 0 fully saturated rings. The molecule has 1 aromatic rings. The van der Waals surface area contributed by atoms with E-state index in [1.54, 1.807) is 0 Å². The zero-order valence-electron chi connectivity index (χ0n) is 8.95. The van der Waals surface area contributed by atoms with Crippen molar-refractivity contribution < 1.29 is 0 Å². The predicted molar refractivity (Wildman–Crippen MR) is 63.1 cm³/mol. The molecule has 1 heterocycles. The molecule has 1 atom stereocenters. The minimum Gasteiger partial charge on any atom is -0.386 e. The van der Waals surface area contributed by atoms with Crippen LogP contribution in [-0.2, 0) is 6.42 Å². The first-order valence-electron chi connectivity index (χ1n) is 5.59. The summed E-state index contributed by atoms with van der Waals surface area (Å²) in [6.45, 7) is 1.01. The van der Waals surface area contributed by atoms with Crippen LogP contribution in [-0.4, -0.2) is 6.54 Å². The molecule has 0 aromatic heterocycles. The summed E-state index contributed by atoms with van der Waals surface area (Å²) in [5, 5.41) is 3.16. The Morgan fingerprint density at radius 3 is 2.73 bits per heavy atom. The number of hydrogen-bond donors (Lipinski definition) is 2. The van der Waals surface area contributed by atoms with E-state index in [2.05, 4.69) is 41.7 Å². The van der Waals surface area contributed by atoms with Crippen LogP contribution in [0.1, 0.15) is 18.4 Å². The molecule has 1 aromatic carbocycles. The Bertz CT molecular complexity index is 330. The first-order valence-corrected chi connectivity index (χ1v) is 5.59. The van der Waals surface area contributed by atoms with Crippen molar-refractivity contribution in [2.24, 2.45) is 11.7 Å². The van der Waals surface area contributed by atoms with Crippen molar-refractivity contribution in [2.75, 3.05) is 6.54 Å². The minimum atomic E-state index is 0.633. The topological polar surface area (TPSA) is 38.0 Å². The molecular weight excluding hydrogens is 184 g/mol. The summed E-state index contributed by atoms with van der Waals surface area (Å²) in [4.78, 5) is 0. The third kappa shape index (κ3) is 3.01. The van der Waals surface area contributed by atoms with E-state index < -0.39 is 0 Å². The van der Waals surface area contributed by atoms with E-state index in [1.165, 1.54) is 24.8 Å². The molecule has 0 unspecified atom stereocenters. The van der Waals surface area contributed by atoms with Crippen LogP contribution in [0.2, 0.25) is 0 Å². The normalized spacial score (nSPS) is 19.7. The van der Waals surface area contributed by atoms with Gasteiger partial charge >= 0.3 is 0 Å². The third-order valence-corrected chi connectivity index (χ3v) is 2.87. The molecule has 1 aliphatic rings. The Kier molecular flexibility index (Phi) is 3.28. The van der Waals surface area contributed by atoms with Gasteiger partial charge in [0.2, 0.25) is 0 Å². The van der Waals surface area contributed by atoms with Gasteiger partial charge in [-0.2, -0.15) is 0 Å². The van der Waals surface area contributed by atoms with Gasteiger partial charge in [0, 0.05) is 6.54 Å². The Morgan fingerprint density at radius 1 is 1.27 bits per heavy atom. The van der Waals surface area contributed by atoms with Gasteiger partial charge in [-0.15, -0.1) is 0 Å². The summed E-state index contributed by atoms with van der Waals surface area (Å²) < 4.78 is 0. The van der Waals surface area contributed by atoms with Crippen molar-refractivity contribution in [1.29, 1.82) is 0 Å². The maximum absolute atomic E-state index is 5.66. The Morgan fingerprint density at radius 2 is 2.07 bits per heavy atom. The zero-order valence-corrected chi connectivity index (χ0v) is 8.95. The van der Waals surface area contributed by atoms with Crippen LogP contribution in [0.3, 0.4) is 0 Å². The smallest absolute Gasteiger partial charge is 0.0922 e. The minimum absolute atomic E-state index is 0.633. The van der Waals surface area contributed by atoms with Crippen LogP contribution in [0.25, 0.3) is 0 Å². The molecule has 0 amide bonds. The van der Waals surface area contributed by atoms with Gasteiger partial charge in [-0.05, 0) is 36.8 Å². The number of nitrogens with two attached hydrogens (primary N) is 1. The van der Waals surface area contributed by atoms with Gasteiger partial charge < -0.3 is 11.1 Å². The molecule has 2 rings (SSSR count). The second-order valence-electron chi connectivity index (χ2n) is 4.14. The monoisotopic (exact) mass is 202 g/mol. The fourth-order valence-corrected chi connectivity index (χ4v) is 2.02. The molecule has 0 saturated heterocycles. The second kappa shape index (κ2) is 4.87. The molecule has 0 bridgehead atoms. The van der Waals surface area contributed by atoms with Crippen molar-refractivity contribution in [3.8, 4) is 0 Å². The Hall–Kier alpha value is -1.44. The molecule has 0 spiro atoms. The molecule has 2 heteroatoms. The van der Waals surface area contributed by atoms with E-state index in [1.807, 2.05) is 0 Å². The van der Waals surface area contributed by atoms with Gasteiger partial charge in [0.15, 0.2) is 0 Å². The lowest BCUT2D eigenvalue weighted by Crippen LogP contribution is -2.16. The lowest BCUT2D eigenvalue weighted by molar-refractivity contribution is 0.567. The SMILES string of the molecule is NC1=C[C@@H](CCCc2ccccc2)CN1. The molecule has 0 aliphatic carbocycles. The van der Waals surface area contributed by atoms with E-state index >= 15 is 0 Å². The van der Waals surface area contributed by atoms with Gasteiger partial charge in [-0.3, -0.25) is 0 Å². The van der Waals surface area contributed by atoms with Crippen LogP contribution < -0.4 is 11.1 Å². The van der Waals surface area contributed by atoms with Crippen molar-refractivity contribution in [3.63, 3.8) is 0 Å². The van der Waals surface area contributed by atoms with Crippen molar-refractivity contribution in [3.05, 3.63) is 47.8 Å². The molecular formula is C13H18N2. The first-order chi connectivity index (χ1) is 7.34. The molecule has 1 aliphatic heterocycles. The zero-order chi connectivity index (χ0) is 10.5. The highest BCUT2D eigenvalue weighted by molar-refractivity contribution is 5.14. The Labute approximate surface area is 91.2 Å². The van der Waals surface area contributed by atoms with Crippen LogP contribution in [0.15, 0.2) is 42.2 Å². The number of hydrogen-bond acceptors (Lipinski definition) is 2. The van der Waals surface area contributed by atoms with E-state index in [4.69, 9.17) is 5.73 Å². The van der Waals surface area contributed by atoms with E-state index in [0.717, 1.165) is 12.4 Å². The van der Waals surface area contributed by atoms with E-state index in [9.17, 15) is 0 Å². The lowest BCUT2D eigenvalue weighted by Gasteiger charge is -2.06. The third-order valence-electron chi connectivity index (χ3n) is 2.87. The highest BCUT2D eigenvalue weighted by atomic mass is 15.0. The van der Waals surface area contributed by atoms with E-state index in [0.29, 0.717) is 5.92 Å². The summed E-state index contributed by atoms with van der Waals surface area (Å²) in [5.41, 5.74) is 7.09. The van der Waals surface area contributed by atoms with Gasteiger partial charge in [0.1, 0.15) is 0 Å². The van der Waals surface area contributed by atoms with Crippen LogP contribution in [0.5, 0.6) is 0 Å². The highest BCUT2D eigenvalue weighted by Crippen LogP contribution is 2.15. The predicted octanol–water partition coefficient (Wildman–Crippen LogP) is 2.03. The summed E-state index contributed by atoms with van der Waals surface area (Å²) >= 11 is 0. The van der Waals surface area contributed by atoms with Crippen LogP contribution >= 0.6 is 0 Å². The van der Waals surface area contributed by atoms with Crippen molar-refractivity contribution >= 4 is 0 Å². The van der Waals surface area contributed by atoms with Gasteiger partial charge in [-0.1, -0.05) is 30.3 Å². The van der Waals surface area contributed by atoms with Gasteiger partial charge in [-0.25, -0.2) is 0 Å². The van der Waals surface area contributed by atoms with Crippen LogP contribution in [0, 0.1) is 5.92 Å².